The van der Waals surface area contributed by atoms with E-state index >= 15 is 0 Å². The van der Waals surface area contributed by atoms with Crippen molar-refractivity contribution in [3.8, 4) is 0 Å². The Hall–Kier alpha value is -0.410. The number of nitrogens with one attached hydrogen (secondary N) is 1. The van der Waals surface area contributed by atoms with Gasteiger partial charge in [-0.15, -0.1) is 0 Å². The molecule has 1 rings (SSSR count). The van der Waals surface area contributed by atoms with Gasteiger partial charge < -0.3 is 10.2 Å². The Kier molecular flexibility index (Phi) is 4.55. The van der Waals surface area contributed by atoms with E-state index in [-0.39, 0.29) is 5.92 Å². The molecule has 0 aromatic heterocycles. The van der Waals surface area contributed by atoms with Crippen LogP contribution < -0.4 is 5.32 Å². The molecule has 0 aromatic carbocycles. The van der Waals surface area contributed by atoms with E-state index in [2.05, 4.69) is 24.2 Å². The summed E-state index contributed by atoms with van der Waals surface area (Å²) < 4.78 is 0. The largest absolute Gasteiger partial charge is 0.319 e. The molecule has 1 aliphatic rings. The maximum Gasteiger partial charge on any atom is 0.141 e. The van der Waals surface area contributed by atoms with Crippen molar-refractivity contribution in [3.63, 3.8) is 0 Å². The Balaban J connectivity index is 2.45. The molecule has 82 valence electrons. The summed E-state index contributed by atoms with van der Waals surface area (Å²) in [5, 5.41) is 3.10. The molecule has 1 aliphatic heterocycles. The van der Waals surface area contributed by atoms with Gasteiger partial charge in [-0.05, 0) is 33.5 Å². The molecule has 0 aliphatic carbocycles. The van der Waals surface area contributed by atoms with Gasteiger partial charge in [0.25, 0.3) is 0 Å². The standard InChI is InChI=1S/C11H22N2O/c1-4-9(7-12-2)11(14)10-5-6-13(3)8-10/h9-10,12H,4-8H2,1-3H3. The number of rotatable bonds is 5. The third-order valence-electron chi connectivity index (χ3n) is 3.14. The Morgan fingerprint density at radius 1 is 1.64 bits per heavy atom. The molecule has 1 saturated heterocycles. The van der Waals surface area contributed by atoms with Crippen LogP contribution in [0.25, 0.3) is 0 Å². The first-order chi connectivity index (χ1) is 6.69. The van der Waals surface area contributed by atoms with Crippen LogP contribution in [0.1, 0.15) is 19.8 Å². The first-order valence-corrected chi connectivity index (χ1v) is 5.55. The lowest BCUT2D eigenvalue weighted by atomic mass is 9.90. The van der Waals surface area contributed by atoms with Crippen LogP contribution in [0.3, 0.4) is 0 Å². The van der Waals surface area contributed by atoms with Crippen LogP contribution >= 0.6 is 0 Å². The fraction of sp³-hybridized carbons (Fsp3) is 0.909. The van der Waals surface area contributed by atoms with Crippen LogP contribution in [0.4, 0.5) is 0 Å². The van der Waals surface area contributed by atoms with E-state index in [1.54, 1.807) is 0 Å². The van der Waals surface area contributed by atoms with E-state index in [1.165, 1.54) is 0 Å². The van der Waals surface area contributed by atoms with Crippen molar-refractivity contribution in [1.82, 2.24) is 10.2 Å². The van der Waals surface area contributed by atoms with Gasteiger partial charge in [-0.25, -0.2) is 0 Å². The molecule has 0 saturated carbocycles. The van der Waals surface area contributed by atoms with E-state index in [0.29, 0.717) is 11.7 Å². The Bertz CT molecular complexity index is 188. The number of carbonyl (C=O) groups excluding carboxylic acids is 1. The summed E-state index contributed by atoms with van der Waals surface area (Å²) in [6, 6.07) is 0. The lowest BCUT2D eigenvalue weighted by Gasteiger charge is -2.17. The van der Waals surface area contributed by atoms with E-state index in [1.807, 2.05) is 7.05 Å². The molecule has 2 atom stereocenters. The minimum atomic E-state index is 0.219. The van der Waals surface area contributed by atoms with Crippen LogP contribution in [-0.2, 0) is 4.79 Å². The second-order valence-corrected chi connectivity index (χ2v) is 4.31. The van der Waals surface area contributed by atoms with E-state index in [4.69, 9.17) is 0 Å². The Labute approximate surface area is 86.9 Å². The highest BCUT2D eigenvalue weighted by atomic mass is 16.1. The van der Waals surface area contributed by atoms with Gasteiger partial charge >= 0.3 is 0 Å². The van der Waals surface area contributed by atoms with E-state index in [0.717, 1.165) is 32.5 Å². The van der Waals surface area contributed by atoms with Gasteiger partial charge in [-0.1, -0.05) is 6.92 Å². The van der Waals surface area contributed by atoms with E-state index in [9.17, 15) is 4.79 Å². The van der Waals surface area contributed by atoms with Gasteiger partial charge in [0.1, 0.15) is 5.78 Å². The summed E-state index contributed by atoms with van der Waals surface area (Å²) in [5.41, 5.74) is 0. The van der Waals surface area contributed by atoms with Crippen molar-refractivity contribution >= 4 is 5.78 Å². The van der Waals surface area contributed by atoms with E-state index < -0.39 is 0 Å². The summed E-state index contributed by atoms with van der Waals surface area (Å²) in [5.74, 6) is 0.973. The summed E-state index contributed by atoms with van der Waals surface area (Å²) >= 11 is 0. The van der Waals surface area contributed by atoms with Crippen molar-refractivity contribution in [1.29, 1.82) is 0 Å². The molecule has 3 nitrogen and oxygen atoms in total. The highest BCUT2D eigenvalue weighted by Gasteiger charge is 2.29. The number of likely N-dealkylation sites (tertiary alicyclic amines) is 1. The second kappa shape index (κ2) is 5.47. The highest BCUT2D eigenvalue weighted by molar-refractivity contribution is 5.84. The van der Waals surface area contributed by atoms with Crippen LogP contribution in [0.15, 0.2) is 0 Å². The van der Waals surface area contributed by atoms with Gasteiger partial charge in [0, 0.05) is 24.9 Å². The molecule has 2 unspecified atom stereocenters. The van der Waals surface area contributed by atoms with Crippen molar-refractivity contribution in [2.24, 2.45) is 11.8 Å². The topological polar surface area (TPSA) is 32.3 Å². The maximum atomic E-state index is 12.0. The SMILES string of the molecule is CCC(CNC)C(=O)C1CCN(C)C1. The molecule has 0 bridgehead atoms. The third-order valence-corrected chi connectivity index (χ3v) is 3.14. The third kappa shape index (κ3) is 2.79. The number of Topliss-reactive ketones (excluding diaryl/α,β-unsaturated/α-hetero) is 1. The second-order valence-electron chi connectivity index (χ2n) is 4.31. The average molecular weight is 198 g/mol. The van der Waals surface area contributed by atoms with Crippen molar-refractivity contribution in [3.05, 3.63) is 0 Å². The zero-order chi connectivity index (χ0) is 10.6. The number of hydrogen-bond donors (Lipinski definition) is 1. The minimum Gasteiger partial charge on any atom is -0.319 e. The van der Waals surface area contributed by atoms with Gasteiger partial charge in [0.05, 0.1) is 0 Å². The number of nitrogens with zero attached hydrogens (tertiary/aromatic N) is 1. The van der Waals surface area contributed by atoms with Gasteiger partial charge in [-0.2, -0.15) is 0 Å². The van der Waals surface area contributed by atoms with Crippen molar-refractivity contribution in [2.75, 3.05) is 33.7 Å². The first-order valence-electron chi connectivity index (χ1n) is 5.55. The van der Waals surface area contributed by atoms with Crippen LogP contribution in [0.2, 0.25) is 0 Å². The predicted molar refractivity (Wildman–Crippen MR) is 58.3 cm³/mol. The molecule has 0 spiro atoms. The summed E-state index contributed by atoms with van der Waals surface area (Å²) in [7, 11) is 4.00. The average Bonchev–Trinajstić information content (AvgIpc) is 2.60. The van der Waals surface area contributed by atoms with Gasteiger partial charge in [0.15, 0.2) is 0 Å². The van der Waals surface area contributed by atoms with Crippen molar-refractivity contribution < 1.29 is 4.79 Å². The van der Waals surface area contributed by atoms with Crippen LogP contribution in [0.5, 0.6) is 0 Å². The lowest BCUT2D eigenvalue weighted by molar-refractivity contribution is -0.126. The Morgan fingerprint density at radius 3 is 2.79 bits per heavy atom. The van der Waals surface area contributed by atoms with Crippen LogP contribution in [0, 0.1) is 11.8 Å². The molecule has 0 amide bonds. The molecule has 1 N–H and O–H groups in total. The smallest absolute Gasteiger partial charge is 0.141 e. The lowest BCUT2D eigenvalue weighted by Crippen LogP contribution is -2.31. The monoisotopic (exact) mass is 198 g/mol. The fourth-order valence-corrected chi connectivity index (χ4v) is 2.19. The molecule has 1 fully saturated rings. The molecule has 14 heavy (non-hydrogen) atoms. The summed E-state index contributed by atoms with van der Waals surface area (Å²) in [4.78, 5) is 14.3. The molecule has 3 heteroatoms. The molecule has 0 aromatic rings. The van der Waals surface area contributed by atoms with Crippen LogP contribution in [-0.4, -0.2) is 44.4 Å². The normalized spacial score (nSPS) is 25.2. The maximum absolute atomic E-state index is 12.0. The minimum absolute atomic E-state index is 0.219. The fourth-order valence-electron chi connectivity index (χ4n) is 2.19. The number of carbonyl (C=O) groups is 1. The summed E-state index contributed by atoms with van der Waals surface area (Å²) in [6.45, 7) is 4.96. The van der Waals surface area contributed by atoms with Crippen molar-refractivity contribution in [2.45, 2.75) is 19.8 Å². The zero-order valence-corrected chi connectivity index (χ0v) is 9.55. The first kappa shape index (κ1) is 11.7. The number of ketones is 1. The quantitative estimate of drug-likeness (QED) is 0.707. The molecular weight excluding hydrogens is 176 g/mol. The van der Waals surface area contributed by atoms with Gasteiger partial charge in [0.2, 0.25) is 0 Å². The predicted octanol–water partition coefficient (Wildman–Crippen LogP) is 0.753. The molecule has 1 heterocycles. The molecule has 0 radical (unpaired) electrons. The van der Waals surface area contributed by atoms with Gasteiger partial charge in [-0.3, -0.25) is 4.79 Å². The number of hydrogen-bond acceptors (Lipinski definition) is 3. The zero-order valence-electron chi connectivity index (χ0n) is 9.55. The highest BCUT2D eigenvalue weighted by Crippen LogP contribution is 2.20. The Morgan fingerprint density at radius 2 is 2.36 bits per heavy atom. The molecular formula is C11H22N2O. The summed E-state index contributed by atoms with van der Waals surface area (Å²) in [6.07, 6.45) is 2.01.